The zero-order valence-electron chi connectivity index (χ0n) is 17.0. The van der Waals surface area contributed by atoms with Crippen LogP contribution in [0.15, 0.2) is 51.7 Å². The van der Waals surface area contributed by atoms with Crippen LogP contribution in [-0.2, 0) is 6.54 Å². The second-order valence-corrected chi connectivity index (χ2v) is 7.69. The van der Waals surface area contributed by atoms with Crippen LogP contribution in [0.25, 0.3) is 22.1 Å². The first kappa shape index (κ1) is 19.5. The molecule has 1 aliphatic rings. The van der Waals surface area contributed by atoms with Gasteiger partial charge in [0, 0.05) is 5.39 Å². The highest BCUT2D eigenvalue weighted by atomic mass is 16.5. The molecular weight excluding hydrogens is 368 g/mol. The summed E-state index contributed by atoms with van der Waals surface area (Å²) in [5.74, 6) is 0.926. The van der Waals surface area contributed by atoms with Gasteiger partial charge < -0.3 is 24.1 Å². The number of ether oxygens (including phenoxy) is 1. The molecule has 3 aromatic rings. The van der Waals surface area contributed by atoms with E-state index < -0.39 is 5.63 Å². The maximum atomic E-state index is 12.7. The lowest BCUT2D eigenvalue weighted by Crippen LogP contribution is -3.27. The van der Waals surface area contributed by atoms with Crippen molar-refractivity contribution in [2.45, 2.75) is 13.5 Å². The molecule has 29 heavy (non-hydrogen) atoms. The Morgan fingerprint density at radius 1 is 1.03 bits per heavy atom. The van der Waals surface area contributed by atoms with E-state index in [9.17, 15) is 9.90 Å². The van der Waals surface area contributed by atoms with Crippen LogP contribution in [0.5, 0.6) is 11.5 Å². The highest BCUT2D eigenvalue weighted by molar-refractivity contribution is 5.85. The van der Waals surface area contributed by atoms with Crippen molar-refractivity contribution < 1.29 is 24.1 Å². The number of methoxy groups -OCH3 is 1. The van der Waals surface area contributed by atoms with Gasteiger partial charge in [-0.25, -0.2) is 4.79 Å². The molecule has 6 nitrogen and oxygen atoms in total. The molecule has 0 saturated carbocycles. The number of aromatic hydroxyl groups is 1. The van der Waals surface area contributed by atoms with Gasteiger partial charge in [0.1, 0.15) is 44.2 Å². The van der Waals surface area contributed by atoms with Crippen LogP contribution < -0.4 is 20.2 Å². The summed E-state index contributed by atoms with van der Waals surface area (Å²) in [7, 11) is 1.61. The number of phenolic OH excluding ortho intramolecular Hbond substituents is 1. The molecule has 0 aliphatic carbocycles. The highest BCUT2D eigenvalue weighted by Crippen LogP contribution is 2.29. The third kappa shape index (κ3) is 3.99. The van der Waals surface area contributed by atoms with Crippen molar-refractivity contribution in [3.05, 3.63) is 58.4 Å². The van der Waals surface area contributed by atoms with Crippen LogP contribution in [-0.4, -0.2) is 44.9 Å². The fraction of sp³-hybridized carbons (Fsp3) is 0.348. The Balaban J connectivity index is 1.68. The molecule has 0 unspecified atom stereocenters. The zero-order chi connectivity index (χ0) is 20.4. The van der Waals surface area contributed by atoms with Crippen LogP contribution in [0.4, 0.5) is 0 Å². The highest BCUT2D eigenvalue weighted by Gasteiger charge is 2.24. The molecule has 0 atom stereocenters. The molecule has 2 aromatic carbocycles. The number of piperazine rings is 1. The van der Waals surface area contributed by atoms with Crippen molar-refractivity contribution in [1.29, 1.82) is 0 Å². The molecular formula is C23H28N2O4+2. The fourth-order valence-corrected chi connectivity index (χ4v) is 4.11. The van der Waals surface area contributed by atoms with E-state index in [2.05, 4.69) is 6.92 Å². The number of benzene rings is 2. The number of rotatable bonds is 5. The van der Waals surface area contributed by atoms with Crippen LogP contribution >= 0.6 is 0 Å². The van der Waals surface area contributed by atoms with Gasteiger partial charge in [-0.15, -0.1) is 0 Å². The maximum Gasteiger partial charge on any atom is 0.344 e. The van der Waals surface area contributed by atoms with Crippen molar-refractivity contribution >= 4 is 11.0 Å². The summed E-state index contributed by atoms with van der Waals surface area (Å²) in [5, 5.41) is 11.3. The Kier molecular flexibility index (Phi) is 5.56. The quantitative estimate of drug-likeness (QED) is 0.549. The summed E-state index contributed by atoms with van der Waals surface area (Å²) in [5.41, 5.74) is 2.09. The molecule has 0 bridgehead atoms. The van der Waals surface area contributed by atoms with Crippen molar-refractivity contribution in [2.75, 3.05) is 39.8 Å². The molecule has 1 saturated heterocycles. The minimum absolute atomic E-state index is 0.190. The van der Waals surface area contributed by atoms with E-state index in [1.165, 1.54) is 4.90 Å². The second kappa shape index (κ2) is 8.27. The molecule has 4 rings (SSSR count). The molecule has 3 N–H and O–H groups in total. The van der Waals surface area contributed by atoms with Gasteiger partial charge in [0.05, 0.1) is 24.8 Å². The van der Waals surface area contributed by atoms with Gasteiger partial charge >= 0.3 is 5.63 Å². The summed E-state index contributed by atoms with van der Waals surface area (Å²) in [6, 6.07) is 12.7. The van der Waals surface area contributed by atoms with Gasteiger partial charge in [0.15, 0.2) is 5.58 Å². The predicted octanol–water partition coefficient (Wildman–Crippen LogP) is 0.478. The number of phenols is 1. The van der Waals surface area contributed by atoms with Crippen molar-refractivity contribution in [2.24, 2.45) is 0 Å². The smallest absolute Gasteiger partial charge is 0.344 e. The Morgan fingerprint density at radius 2 is 1.72 bits per heavy atom. The number of hydrogen-bond acceptors (Lipinski definition) is 4. The van der Waals surface area contributed by atoms with Gasteiger partial charge in [-0.05, 0) is 42.8 Å². The van der Waals surface area contributed by atoms with Gasteiger partial charge in [0.25, 0.3) is 0 Å². The molecule has 1 fully saturated rings. The predicted molar refractivity (Wildman–Crippen MR) is 112 cm³/mol. The SMILES string of the molecule is CC[NH+]1CC[NH+](Cc2c(O)ccc3cc(-c4ccc(OC)cc4)c(=O)oc23)CC1. The average Bonchev–Trinajstić information content (AvgIpc) is 2.76. The molecule has 0 spiro atoms. The van der Waals surface area contributed by atoms with E-state index >= 15 is 0 Å². The Hall–Kier alpha value is -2.83. The van der Waals surface area contributed by atoms with Crippen LogP contribution in [0.3, 0.4) is 0 Å². The lowest BCUT2D eigenvalue weighted by molar-refractivity contribution is -1.02. The fourth-order valence-electron chi connectivity index (χ4n) is 4.11. The summed E-state index contributed by atoms with van der Waals surface area (Å²) >= 11 is 0. The Morgan fingerprint density at radius 3 is 2.38 bits per heavy atom. The number of quaternary nitrogens is 2. The number of likely N-dealkylation sites (N-methyl/N-ethyl adjacent to an activating group) is 1. The normalized spacial score (nSPS) is 19.4. The molecule has 6 heteroatoms. The average molecular weight is 396 g/mol. The van der Waals surface area contributed by atoms with E-state index in [4.69, 9.17) is 9.15 Å². The monoisotopic (exact) mass is 396 g/mol. The van der Waals surface area contributed by atoms with E-state index in [0.717, 1.165) is 55.0 Å². The standard InChI is InChI=1S/C23H26N2O4/c1-3-24-10-12-25(13-11-24)15-20-21(26)9-6-17-14-19(23(27)29-22(17)20)16-4-7-18(28-2)8-5-16/h4-9,14,26H,3,10-13,15H2,1-2H3/p+2. The molecule has 1 aliphatic heterocycles. The van der Waals surface area contributed by atoms with Crippen LogP contribution in [0.2, 0.25) is 0 Å². The third-order valence-electron chi connectivity index (χ3n) is 5.97. The van der Waals surface area contributed by atoms with Gasteiger partial charge in [-0.2, -0.15) is 0 Å². The van der Waals surface area contributed by atoms with E-state index in [0.29, 0.717) is 17.7 Å². The Labute approximate surface area is 169 Å². The molecule has 0 radical (unpaired) electrons. The number of hydrogen-bond donors (Lipinski definition) is 3. The minimum Gasteiger partial charge on any atom is -0.507 e. The van der Waals surface area contributed by atoms with Crippen molar-refractivity contribution in [1.82, 2.24) is 0 Å². The first-order valence-electron chi connectivity index (χ1n) is 10.2. The van der Waals surface area contributed by atoms with Gasteiger partial charge in [0.2, 0.25) is 0 Å². The largest absolute Gasteiger partial charge is 0.507 e. The number of nitrogens with one attached hydrogen (secondary N) is 2. The lowest BCUT2D eigenvalue weighted by Gasteiger charge is -2.29. The van der Waals surface area contributed by atoms with E-state index in [1.54, 1.807) is 24.1 Å². The third-order valence-corrected chi connectivity index (χ3v) is 5.97. The summed E-state index contributed by atoms with van der Waals surface area (Å²) in [6.45, 7) is 8.37. The van der Waals surface area contributed by atoms with Gasteiger partial charge in [-0.1, -0.05) is 12.1 Å². The maximum absolute atomic E-state index is 12.7. The summed E-state index contributed by atoms with van der Waals surface area (Å²) in [6.07, 6.45) is 0. The molecule has 0 amide bonds. The second-order valence-electron chi connectivity index (χ2n) is 7.69. The van der Waals surface area contributed by atoms with E-state index in [1.807, 2.05) is 30.3 Å². The summed E-state index contributed by atoms with van der Waals surface area (Å²) in [4.78, 5) is 15.8. The van der Waals surface area contributed by atoms with E-state index in [-0.39, 0.29) is 5.75 Å². The van der Waals surface area contributed by atoms with Crippen LogP contribution in [0.1, 0.15) is 12.5 Å². The van der Waals surface area contributed by atoms with Crippen molar-refractivity contribution in [3.8, 4) is 22.6 Å². The van der Waals surface area contributed by atoms with Crippen molar-refractivity contribution in [3.63, 3.8) is 0 Å². The summed E-state index contributed by atoms with van der Waals surface area (Å²) < 4.78 is 10.9. The molecule has 2 heterocycles. The number of fused-ring (bicyclic) bond motifs is 1. The minimum atomic E-state index is -0.398. The zero-order valence-corrected chi connectivity index (χ0v) is 17.0. The molecule has 1 aromatic heterocycles. The lowest BCUT2D eigenvalue weighted by atomic mass is 10.0. The molecule has 152 valence electrons. The topological polar surface area (TPSA) is 68.6 Å². The Bertz CT molecular complexity index is 1050. The van der Waals surface area contributed by atoms with Gasteiger partial charge in [-0.3, -0.25) is 0 Å². The van der Waals surface area contributed by atoms with Crippen LogP contribution in [0, 0.1) is 0 Å². The first-order valence-corrected chi connectivity index (χ1v) is 10.2. The first-order chi connectivity index (χ1) is 14.1.